The smallest absolute Gasteiger partial charge is 0.252 e. The van der Waals surface area contributed by atoms with E-state index >= 15 is 0 Å². The van der Waals surface area contributed by atoms with Crippen molar-refractivity contribution in [2.24, 2.45) is 0 Å². The van der Waals surface area contributed by atoms with E-state index in [9.17, 15) is 5.26 Å². The normalized spacial score (nSPS) is 10.2. The molecule has 0 aliphatic heterocycles. The molecule has 0 saturated heterocycles. The van der Waals surface area contributed by atoms with Gasteiger partial charge in [0, 0.05) is 5.02 Å². The van der Waals surface area contributed by atoms with Gasteiger partial charge in [-0.1, -0.05) is 37.6 Å². The van der Waals surface area contributed by atoms with Crippen molar-refractivity contribution in [2.45, 2.75) is 33.3 Å². The van der Waals surface area contributed by atoms with Crippen molar-refractivity contribution in [3.8, 4) is 11.9 Å². The lowest BCUT2D eigenvalue weighted by Crippen LogP contribution is -2.07. The largest absolute Gasteiger partial charge is 0.471 e. The molecule has 0 unspecified atom stereocenters. The number of ether oxygens (including phenoxy) is 1. The van der Waals surface area contributed by atoms with Crippen LogP contribution in [-0.4, -0.2) is 10.2 Å². The number of hydrogen-bond acceptors (Lipinski definition) is 4. The lowest BCUT2D eigenvalue weighted by molar-refractivity contribution is 0.288. The SMILES string of the molecule is CCc1nnc(OCc2cccc(Cl)c2)c(C#N)c1CC. The minimum absolute atomic E-state index is 0.284. The lowest BCUT2D eigenvalue weighted by Gasteiger charge is -2.11. The summed E-state index contributed by atoms with van der Waals surface area (Å²) in [6.07, 6.45) is 1.48. The Bertz CT molecular complexity index is 680. The molecule has 2 rings (SSSR count). The van der Waals surface area contributed by atoms with Crippen LogP contribution >= 0.6 is 11.6 Å². The highest BCUT2D eigenvalue weighted by Gasteiger charge is 2.15. The Hall–Kier alpha value is -2.12. The van der Waals surface area contributed by atoms with Gasteiger partial charge in [0.15, 0.2) is 0 Å². The van der Waals surface area contributed by atoms with Gasteiger partial charge in [-0.2, -0.15) is 10.4 Å². The molecule has 2 aromatic rings. The summed E-state index contributed by atoms with van der Waals surface area (Å²) in [4.78, 5) is 0. The van der Waals surface area contributed by atoms with Crippen LogP contribution < -0.4 is 4.74 Å². The molecule has 0 aliphatic rings. The average molecular weight is 302 g/mol. The van der Waals surface area contributed by atoms with Crippen molar-refractivity contribution in [1.29, 1.82) is 5.26 Å². The number of nitriles is 1. The van der Waals surface area contributed by atoms with Crippen molar-refractivity contribution in [3.63, 3.8) is 0 Å². The van der Waals surface area contributed by atoms with Gasteiger partial charge in [-0.25, -0.2) is 0 Å². The number of aromatic nitrogens is 2. The number of aryl methyl sites for hydroxylation is 1. The molecule has 0 N–H and O–H groups in total. The van der Waals surface area contributed by atoms with E-state index in [0.717, 1.165) is 29.7 Å². The van der Waals surface area contributed by atoms with Crippen molar-refractivity contribution in [1.82, 2.24) is 10.2 Å². The summed E-state index contributed by atoms with van der Waals surface area (Å²) in [7, 11) is 0. The molecule has 0 amide bonds. The van der Waals surface area contributed by atoms with Gasteiger partial charge in [0.25, 0.3) is 5.88 Å². The Morgan fingerprint density at radius 1 is 1.24 bits per heavy atom. The highest BCUT2D eigenvalue weighted by atomic mass is 35.5. The first-order chi connectivity index (χ1) is 10.2. The van der Waals surface area contributed by atoms with E-state index in [2.05, 4.69) is 16.3 Å². The Balaban J connectivity index is 2.26. The fraction of sp³-hybridized carbons (Fsp3) is 0.312. The molecule has 1 aromatic heterocycles. The summed E-state index contributed by atoms with van der Waals surface area (Å²) >= 11 is 5.94. The molecule has 1 aromatic carbocycles. The zero-order valence-electron chi connectivity index (χ0n) is 12.1. The Labute approximate surface area is 129 Å². The van der Waals surface area contributed by atoms with Crippen LogP contribution in [0.4, 0.5) is 0 Å². The molecular weight excluding hydrogens is 286 g/mol. The summed E-state index contributed by atoms with van der Waals surface area (Å²) in [5.41, 5.74) is 3.16. The second-order valence-electron chi connectivity index (χ2n) is 4.54. The molecule has 0 radical (unpaired) electrons. The first-order valence-electron chi connectivity index (χ1n) is 6.85. The van der Waals surface area contributed by atoms with Crippen LogP contribution in [0.25, 0.3) is 0 Å². The number of rotatable bonds is 5. The highest BCUT2D eigenvalue weighted by Crippen LogP contribution is 2.23. The number of hydrogen-bond donors (Lipinski definition) is 0. The predicted molar refractivity (Wildman–Crippen MR) is 81.3 cm³/mol. The topological polar surface area (TPSA) is 58.8 Å². The second-order valence-corrected chi connectivity index (χ2v) is 4.98. The van der Waals surface area contributed by atoms with Gasteiger partial charge in [0.2, 0.25) is 0 Å². The van der Waals surface area contributed by atoms with Crippen molar-refractivity contribution in [3.05, 3.63) is 51.7 Å². The Kier molecular flexibility index (Phi) is 5.13. The van der Waals surface area contributed by atoms with Gasteiger partial charge in [-0.3, -0.25) is 0 Å². The van der Waals surface area contributed by atoms with Crippen LogP contribution in [0.2, 0.25) is 5.02 Å². The van der Waals surface area contributed by atoms with E-state index in [1.54, 1.807) is 6.07 Å². The maximum atomic E-state index is 9.37. The van der Waals surface area contributed by atoms with E-state index in [1.165, 1.54) is 0 Å². The summed E-state index contributed by atoms with van der Waals surface area (Å²) in [6.45, 7) is 4.30. The molecule has 1 heterocycles. The van der Waals surface area contributed by atoms with Crippen LogP contribution in [0.1, 0.15) is 36.2 Å². The summed E-state index contributed by atoms with van der Waals surface area (Å²) in [6, 6.07) is 9.57. The quantitative estimate of drug-likeness (QED) is 0.845. The highest BCUT2D eigenvalue weighted by molar-refractivity contribution is 6.30. The Morgan fingerprint density at radius 2 is 2.05 bits per heavy atom. The first kappa shape index (κ1) is 15.3. The molecule has 4 nitrogen and oxygen atoms in total. The van der Waals surface area contributed by atoms with Gasteiger partial charge in [-0.05, 0) is 36.1 Å². The fourth-order valence-electron chi connectivity index (χ4n) is 2.15. The van der Waals surface area contributed by atoms with Crippen LogP contribution in [0.15, 0.2) is 24.3 Å². The van der Waals surface area contributed by atoms with E-state index in [0.29, 0.717) is 17.2 Å². The molecule has 0 bridgehead atoms. The van der Waals surface area contributed by atoms with Gasteiger partial charge in [0.05, 0.1) is 5.69 Å². The second kappa shape index (κ2) is 7.05. The lowest BCUT2D eigenvalue weighted by atomic mass is 10.0. The monoisotopic (exact) mass is 301 g/mol. The molecular formula is C16H16ClN3O. The third-order valence-electron chi connectivity index (χ3n) is 3.19. The molecule has 5 heteroatoms. The van der Waals surface area contributed by atoms with Crippen LogP contribution in [-0.2, 0) is 19.4 Å². The third-order valence-corrected chi connectivity index (χ3v) is 3.43. The predicted octanol–water partition coefficient (Wildman–Crippen LogP) is 3.71. The van der Waals surface area contributed by atoms with Gasteiger partial charge in [-0.15, -0.1) is 5.10 Å². The van der Waals surface area contributed by atoms with E-state index in [1.807, 2.05) is 32.0 Å². The molecule has 21 heavy (non-hydrogen) atoms. The van der Waals surface area contributed by atoms with Crippen LogP contribution in [0, 0.1) is 11.3 Å². The third kappa shape index (κ3) is 3.50. The fourth-order valence-corrected chi connectivity index (χ4v) is 2.36. The van der Waals surface area contributed by atoms with E-state index in [-0.39, 0.29) is 5.88 Å². The number of benzene rings is 1. The number of nitrogens with zero attached hydrogens (tertiary/aromatic N) is 3. The summed E-state index contributed by atoms with van der Waals surface area (Å²) < 4.78 is 5.66. The summed E-state index contributed by atoms with van der Waals surface area (Å²) in [5, 5.41) is 18.2. The van der Waals surface area contributed by atoms with Crippen molar-refractivity contribution in [2.75, 3.05) is 0 Å². The van der Waals surface area contributed by atoms with Crippen molar-refractivity contribution >= 4 is 11.6 Å². The molecule has 108 valence electrons. The summed E-state index contributed by atoms with van der Waals surface area (Å²) in [5.74, 6) is 0.284. The van der Waals surface area contributed by atoms with Crippen LogP contribution in [0.5, 0.6) is 5.88 Å². The Morgan fingerprint density at radius 3 is 2.67 bits per heavy atom. The van der Waals surface area contributed by atoms with Crippen LogP contribution in [0.3, 0.4) is 0 Å². The molecule has 0 saturated carbocycles. The minimum atomic E-state index is 0.284. The maximum absolute atomic E-state index is 9.37. The zero-order valence-corrected chi connectivity index (χ0v) is 12.8. The minimum Gasteiger partial charge on any atom is -0.471 e. The molecule has 0 fully saturated rings. The average Bonchev–Trinajstić information content (AvgIpc) is 2.51. The standard InChI is InChI=1S/C16H16ClN3O/c1-3-13-14(9-18)16(20-19-15(13)4-2)21-10-11-6-5-7-12(17)8-11/h5-8H,3-4,10H2,1-2H3. The maximum Gasteiger partial charge on any atom is 0.252 e. The molecule has 0 spiro atoms. The van der Waals surface area contributed by atoms with Gasteiger partial charge in [0.1, 0.15) is 18.2 Å². The van der Waals surface area contributed by atoms with Gasteiger partial charge < -0.3 is 4.74 Å². The van der Waals surface area contributed by atoms with E-state index < -0.39 is 0 Å². The first-order valence-corrected chi connectivity index (χ1v) is 7.23. The number of halogens is 1. The molecule has 0 atom stereocenters. The van der Waals surface area contributed by atoms with Gasteiger partial charge >= 0.3 is 0 Å². The van der Waals surface area contributed by atoms with Crippen molar-refractivity contribution < 1.29 is 4.74 Å². The zero-order chi connectivity index (χ0) is 15.2. The van der Waals surface area contributed by atoms with E-state index in [4.69, 9.17) is 16.3 Å². The molecule has 0 aliphatic carbocycles.